The van der Waals surface area contributed by atoms with E-state index < -0.39 is 0 Å². The molecule has 0 N–H and O–H groups in total. The fourth-order valence-corrected chi connectivity index (χ4v) is 2.36. The van der Waals surface area contributed by atoms with Gasteiger partial charge in [0.2, 0.25) is 0 Å². The predicted molar refractivity (Wildman–Crippen MR) is 70.7 cm³/mol. The molecular weight excluding hydrogens is 206 g/mol. The van der Waals surface area contributed by atoms with Crippen LogP contribution in [0.5, 0.6) is 0 Å². The van der Waals surface area contributed by atoms with Crippen LogP contribution in [0.2, 0.25) is 0 Å². The lowest BCUT2D eigenvalue weighted by atomic mass is 10.0. The summed E-state index contributed by atoms with van der Waals surface area (Å²) >= 11 is 0. The Labute approximate surface area is 102 Å². The summed E-state index contributed by atoms with van der Waals surface area (Å²) in [5, 5.41) is 0. The topological polar surface area (TPSA) is 12.9 Å². The Morgan fingerprint density at radius 3 is 2.76 bits per heavy atom. The van der Waals surface area contributed by atoms with E-state index in [1.54, 1.807) is 0 Å². The lowest BCUT2D eigenvalue weighted by molar-refractivity contribution is 0.911. The van der Waals surface area contributed by atoms with Crippen molar-refractivity contribution in [1.82, 2.24) is 4.98 Å². The average Bonchev–Trinajstić information content (AvgIpc) is 2.80. The van der Waals surface area contributed by atoms with E-state index in [0.29, 0.717) is 0 Å². The molecule has 84 valence electrons. The van der Waals surface area contributed by atoms with E-state index >= 15 is 0 Å². The van der Waals surface area contributed by atoms with Gasteiger partial charge in [-0.1, -0.05) is 42.0 Å². The molecule has 1 aliphatic carbocycles. The Hall–Kier alpha value is -1.89. The van der Waals surface area contributed by atoms with E-state index in [-0.39, 0.29) is 0 Å². The molecule has 0 bridgehead atoms. The molecule has 0 atom stereocenters. The van der Waals surface area contributed by atoms with E-state index in [2.05, 4.69) is 41.4 Å². The first-order chi connectivity index (χ1) is 8.42. The van der Waals surface area contributed by atoms with E-state index in [9.17, 15) is 0 Å². The van der Waals surface area contributed by atoms with Crippen molar-refractivity contribution >= 4 is 6.08 Å². The third-order valence-electron chi connectivity index (χ3n) is 3.29. The Morgan fingerprint density at radius 1 is 1.00 bits per heavy atom. The minimum absolute atomic E-state index is 1.09. The molecule has 1 aromatic carbocycles. The first kappa shape index (κ1) is 10.3. The molecule has 0 amide bonds. The van der Waals surface area contributed by atoms with Crippen molar-refractivity contribution in [2.75, 3.05) is 0 Å². The Bertz CT molecular complexity index is 540. The van der Waals surface area contributed by atoms with Crippen molar-refractivity contribution in [3.05, 3.63) is 71.1 Å². The maximum Gasteiger partial charge on any atom is 0.0299 e. The fourth-order valence-electron chi connectivity index (χ4n) is 2.36. The van der Waals surface area contributed by atoms with Gasteiger partial charge in [-0.2, -0.15) is 0 Å². The van der Waals surface area contributed by atoms with Gasteiger partial charge in [-0.3, -0.25) is 4.98 Å². The van der Waals surface area contributed by atoms with Gasteiger partial charge in [-0.15, -0.1) is 0 Å². The van der Waals surface area contributed by atoms with Crippen LogP contribution in [0.1, 0.15) is 23.1 Å². The Balaban J connectivity index is 1.66. The second-order valence-corrected chi connectivity index (χ2v) is 4.54. The largest absolute Gasteiger partial charge is 0.264 e. The predicted octanol–water partition coefficient (Wildman–Crippen LogP) is 3.65. The van der Waals surface area contributed by atoms with E-state index in [1.165, 1.54) is 22.3 Å². The standard InChI is InChI=1S/C16H15N/c1-2-6-16-11-14(10-15(16)5-1)8-7-13-4-3-9-17-12-13/h1-6,9-10,12H,7-8,11H2. The second-order valence-electron chi connectivity index (χ2n) is 4.54. The lowest BCUT2D eigenvalue weighted by Crippen LogP contribution is -1.90. The molecule has 17 heavy (non-hydrogen) atoms. The number of fused-ring (bicyclic) bond motifs is 1. The third-order valence-corrected chi connectivity index (χ3v) is 3.29. The normalized spacial score (nSPS) is 13.3. The number of rotatable bonds is 3. The van der Waals surface area contributed by atoms with Crippen LogP contribution in [0.25, 0.3) is 6.08 Å². The van der Waals surface area contributed by atoms with Crippen LogP contribution in [0.15, 0.2) is 54.4 Å². The maximum atomic E-state index is 4.15. The molecule has 0 aliphatic heterocycles. The number of hydrogen-bond donors (Lipinski definition) is 0. The summed E-state index contributed by atoms with van der Waals surface area (Å²) < 4.78 is 0. The summed E-state index contributed by atoms with van der Waals surface area (Å²) in [4.78, 5) is 4.15. The molecule has 0 spiro atoms. The molecule has 2 aromatic rings. The third kappa shape index (κ3) is 2.28. The first-order valence-corrected chi connectivity index (χ1v) is 6.08. The highest BCUT2D eigenvalue weighted by Crippen LogP contribution is 2.27. The van der Waals surface area contributed by atoms with E-state index in [0.717, 1.165) is 19.3 Å². The summed E-state index contributed by atoms with van der Waals surface area (Å²) in [6.45, 7) is 0. The zero-order valence-corrected chi connectivity index (χ0v) is 9.76. The van der Waals surface area contributed by atoms with Crippen LogP contribution in [0.3, 0.4) is 0 Å². The molecule has 1 heterocycles. The number of hydrogen-bond acceptors (Lipinski definition) is 1. The quantitative estimate of drug-likeness (QED) is 0.771. The van der Waals surface area contributed by atoms with Crippen molar-refractivity contribution in [2.45, 2.75) is 19.3 Å². The zero-order valence-electron chi connectivity index (χ0n) is 9.76. The van der Waals surface area contributed by atoms with Gasteiger partial charge in [0.15, 0.2) is 0 Å². The van der Waals surface area contributed by atoms with E-state index in [4.69, 9.17) is 0 Å². The average molecular weight is 221 g/mol. The van der Waals surface area contributed by atoms with Crippen molar-refractivity contribution in [3.8, 4) is 0 Å². The van der Waals surface area contributed by atoms with Crippen molar-refractivity contribution < 1.29 is 0 Å². The molecule has 1 aromatic heterocycles. The number of aromatic nitrogens is 1. The fraction of sp³-hybridized carbons (Fsp3) is 0.188. The Morgan fingerprint density at radius 2 is 1.94 bits per heavy atom. The second kappa shape index (κ2) is 4.54. The van der Waals surface area contributed by atoms with Crippen molar-refractivity contribution in [1.29, 1.82) is 0 Å². The highest BCUT2D eigenvalue weighted by molar-refractivity contribution is 5.63. The molecule has 0 saturated heterocycles. The molecule has 0 fully saturated rings. The van der Waals surface area contributed by atoms with Crippen molar-refractivity contribution in [2.24, 2.45) is 0 Å². The number of allylic oxidation sites excluding steroid dienone is 1. The minimum atomic E-state index is 1.09. The van der Waals surface area contributed by atoms with Gasteiger partial charge in [-0.25, -0.2) is 0 Å². The smallest absolute Gasteiger partial charge is 0.0299 e. The molecule has 1 heteroatoms. The number of pyridine rings is 1. The highest BCUT2D eigenvalue weighted by atomic mass is 14.6. The van der Waals surface area contributed by atoms with Gasteiger partial charge in [-0.05, 0) is 42.0 Å². The molecule has 1 nitrogen and oxygen atoms in total. The van der Waals surface area contributed by atoms with Gasteiger partial charge < -0.3 is 0 Å². The van der Waals surface area contributed by atoms with Crippen LogP contribution in [-0.4, -0.2) is 4.98 Å². The minimum Gasteiger partial charge on any atom is -0.264 e. The van der Waals surface area contributed by atoms with Gasteiger partial charge in [0.1, 0.15) is 0 Å². The van der Waals surface area contributed by atoms with Crippen LogP contribution in [-0.2, 0) is 12.8 Å². The molecule has 3 rings (SSSR count). The first-order valence-electron chi connectivity index (χ1n) is 6.08. The van der Waals surface area contributed by atoms with E-state index in [1.807, 2.05) is 18.5 Å². The summed E-state index contributed by atoms with van der Waals surface area (Å²) in [5.41, 5.74) is 5.72. The van der Waals surface area contributed by atoms with Crippen molar-refractivity contribution in [3.63, 3.8) is 0 Å². The highest BCUT2D eigenvalue weighted by Gasteiger charge is 2.11. The molecular formula is C16H15N. The zero-order chi connectivity index (χ0) is 11.5. The van der Waals surface area contributed by atoms with Gasteiger partial charge in [0.25, 0.3) is 0 Å². The van der Waals surface area contributed by atoms with Crippen LogP contribution >= 0.6 is 0 Å². The summed E-state index contributed by atoms with van der Waals surface area (Å²) in [6, 6.07) is 12.8. The van der Waals surface area contributed by atoms with Gasteiger partial charge in [0, 0.05) is 12.4 Å². The van der Waals surface area contributed by atoms with Crippen LogP contribution < -0.4 is 0 Å². The number of aryl methyl sites for hydroxylation is 1. The van der Waals surface area contributed by atoms with Crippen LogP contribution in [0.4, 0.5) is 0 Å². The van der Waals surface area contributed by atoms with Crippen LogP contribution in [0, 0.1) is 0 Å². The molecule has 1 aliphatic rings. The number of nitrogens with zero attached hydrogens (tertiary/aromatic N) is 1. The molecule has 0 unspecified atom stereocenters. The van der Waals surface area contributed by atoms with Gasteiger partial charge >= 0.3 is 0 Å². The maximum absolute atomic E-state index is 4.15. The summed E-state index contributed by atoms with van der Waals surface area (Å²) in [5.74, 6) is 0. The SMILES string of the molecule is C1=C(CCc2cccnc2)Cc2ccccc21. The van der Waals surface area contributed by atoms with Gasteiger partial charge in [0.05, 0.1) is 0 Å². The number of benzene rings is 1. The molecule has 0 saturated carbocycles. The molecule has 0 radical (unpaired) electrons. The Kier molecular flexibility index (Phi) is 2.74. The summed E-state index contributed by atoms with van der Waals surface area (Å²) in [6.07, 6.45) is 9.48. The lowest BCUT2D eigenvalue weighted by Gasteiger charge is -2.02. The summed E-state index contributed by atoms with van der Waals surface area (Å²) in [7, 11) is 0. The monoisotopic (exact) mass is 221 g/mol.